The minimum Gasteiger partial charge on any atom is -0.507 e. The first-order valence-corrected chi connectivity index (χ1v) is 38.1. The molecule has 0 radical (unpaired) electrons. The van der Waals surface area contributed by atoms with E-state index in [0.29, 0.717) is 67.9 Å². The van der Waals surface area contributed by atoms with Crippen molar-refractivity contribution in [3.63, 3.8) is 0 Å². The normalized spacial score (nSPS) is 14.2. The molecule has 4 aliphatic rings. The van der Waals surface area contributed by atoms with Crippen molar-refractivity contribution in [3.8, 4) is 34.2 Å². The van der Waals surface area contributed by atoms with Crippen LogP contribution in [0, 0.1) is 0 Å². The van der Waals surface area contributed by atoms with E-state index in [1.807, 2.05) is 137 Å². The van der Waals surface area contributed by atoms with Crippen molar-refractivity contribution >= 4 is 120 Å². The largest absolute Gasteiger partial charge is 0.507 e. The van der Waals surface area contributed by atoms with Gasteiger partial charge in [-0.3, -0.25) is 14.4 Å². The molecule has 0 spiro atoms. The average molecular weight is 1500 g/mol. The van der Waals surface area contributed by atoms with Gasteiger partial charge in [0.2, 0.25) is 0 Å². The highest BCUT2D eigenvalue weighted by Crippen LogP contribution is 2.57. The number of aromatic amines is 1. The number of hydrogen-bond acceptors (Lipinski definition) is 16. The fourth-order valence-electron chi connectivity index (χ4n) is 11.8. The summed E-state index contributed by atoms with van der Waals surface area (Å²) in [6.45, 7) is 3.40. The third kappa shape index (κ3) is 18.1. The molecule has 0 amide bonds. The van der Waals surface area contributed by atoms with Crippen molar-refractivity contribution in [3.05, 3.63) is 230 Å². The summed E-state index contributed by atoms with van der Waals surface area (Å²) in [4.78, 5) is 56.0. The number of nitrogens with two attached hydrogens (primary N) is 1. The van der Waals surface area contributed by atoms with Crippen molar-refractivity contribution < 1.29 is 38.1 Å². The number of Topliss-reactive ketones (excluding diaryl/α,β-unsaturated/α-hetero) is 1. The molecule has 4 saturated carbocycles. The maximum atomic E-state index is 11.9. The zero-order valence-electron chi connectivity index (χ0n) is 56.1. The summed E-state index contributed by atoms with van der Waals surface area (Å²) in [6, 6.07) is 54.4. The second-order valence-electron chi connectivity index (χ2n) is 24.7. The van der Waals surface area contributed by atoms with E-state index in [9.17, 15) is 28.8 Å². The van der Waals surface area contributed by atoms with E-state index in [0.717, 1.165) is 93.4 Å². The highest BCUT2D eigenvalue weighted by molar-refractivity contribution is 8.05. The van der Waals surface area contributed by atoms with Gasteiger partial charge in [0.15, 0.2) is 17.0 Å². The summed E-state index contributed by atoms with van der Waals surface area (Å²) >= 11 is 29.3. The monoisotopic (exact) mass is 1490 g/mol. The number of pyridine rings is 3. The second kappa shape index (κ2) is 34.1. The van der Waals surface area contributed by atoms with Gasteiger partial charge in [-0.05, 0) is 138 Å². The van der Waals surface area contributed by atoms with Gasteiger partial charge >= 0.3 is 18.0 Å². The first-order chi connectivity index (χ1) is 49.2. The molecule has 27 heteroatoms. The lowest BCUT2D eigenvalue weighted by Crippen LogP contribution is -2.10. The molecule has 528 valence electrons. The maximum absolute atomic E-state index is 11.9. The number of fused-ring (bicyclic) bond motifs is 3. The Morgan fingerprint density at radius 3 is 1.42 bits per heavy atom. The summed E-state index contributed by atoms with van der Waals surface area (Å²) < 4.78 is 31.8. The number of esters is 2. The van der Waals surface area contributed by atoms with Crippen LogP contribution in [0.25, 0.3) is 55.8 Å². The first kappa shape index (κ1) is 73.9. The first-order valence-electron chi connectivity index (χ1n) is 33.5. The molecule has 7 heterocycles. The van der Waals surface area contributed by atoms with Gasteiger partial charge in [0.05, 0.1) is 85.4 Å². The van der Waals surface area contributed by atoms with Crippen molar-refractivity contribution in [1.82, 2.24) is 54.1 Å². The van der Waals surface area contributed by atoms with Crippen LogP contribution in [0.15, 0.2) is 181 Å². The predicted molar refractivity (Wildman–Crippen MR) is 400 cm³/mol. The quantitative estimate of drug-likeness (QED) is 0.0395. The lowest BCUT2D eigenvalue weighted by Gasteiger charge is -2.23. The number of nitrogens with zero attached hydrogens (tertiary/aromatic N) is 10. The molecule has 21 nitrogen and oxygen atoms in total. The maximum Gasteiger partial charge on any atom is 0.428 e. The Bertz CT molecular complexity index is 4980. The van der Waals surface area contributed by atoms with Gasteiger partial charge in [0.1, 0.15) is 40.3 Å². The molecule has 102 heavy (non-hydrogen) atoms. The van der Waals surface area contributed by atoms with Crippen LogP contribution >= 0.6 is 63.4 Å². The van der Waals surface area contributed by atoms with Crippen molar-refractivity contribution in [1.29, 1.82) is 0 Å². The number of rotatable bonds is 14. The molecule has 4 N–H and O–H groups in total. The van der Waals surface area contributed by atoms with E-state index in [-0.39, 0.29) is 29.2 Å². The summed E-state index contributed by atoms with van der Waals surface area (Å²) in [5, 5.41) is 33.0. The fourth-order valence-corrected chi connectivity index (χ4v) is 13.5. The highest BCUT2D eigenvalue weighted by Gasteiger charge is 2.32. The topological polar surface area (TPSA) is 272 Å². The molecule has 0 saturated heterocycles. The van der Waals surface area contributed by atoms with Gasteiger partial charge in [-0.25, -0.2) is 38.1 Å². The smallest absolute Gasteiger partial charge is 0.428 e. The van der Waals surface area contributed by atoms with E-state index in [1.54, 1.807) is 58.8 Å². The SMILES string of the molecule is CCOC(=O)CC(C)=O.COC(=O)c1cc(Cl)c2c(C3CCC3)nn(-c3ccccc3)c2n1.Clc1cc(Cl)c2c(C3CCC3)nn(-c3ccccc3)c2n1.Nc1cc(C2CCC2)nn1-c1ccccc1.O=P(Cl)(Cl)Oc1ccccc1.O=c1cc(O)c2c(C3CCC3)nn(-c3ccccc3)c2[nH]1. The predicted octanol–water partition coefficient (Wildman–Crippen LogP) is 18.7. The number of ketones is 1. The molecule has 4 fully saturated rings. The molecular formula is C75H74Cl5N12O9P. The van der Waals surface area contributed by atoms with Gasteiger partial charge in [-0.15, -0.1) is 0 Å². The fraction of sp³-hybridized carbons (Fsp3) is 0.280. The number of nitrogen functional groups attached to an aromatic ring is 1. The van der Waals surface area contributed by atoms with Gasteiger partial charge < -0.3 is 29.8 Å². The molecular weight excluding hydrogens is 1420 g/mol. The van der Waals surface area contributed by atoms with Crippen molar-refractivity contribution in [2.75, 3.05) is 19.5 Å². The Kier molecular flexibility index (Phi) is 24.7. The third-order valence-corrected chi connectivity index (χ3v) is 19.3. The van der Waals surface area contributed by atoms with Crippen molar-refractivity contribution in [2.24, 2.45) is 0 Å². The molecule has 16 rings (SSSR count). The van der Waals surface area contributed by atoms with E-state index in [4.69, 9.17) is 78.0 Å². The summed E-state index contributed by atoms with van der Waals surface area (Å²) in [5.74, 6) is 1.93. The Labute approximate surface area is 612 Å². The lowest BCUT2D eigenvalue weighted by molar-refractivity contribution is -0.145. The zero-order chi connectivity index (χ0) is 72.0. The zero-order valence-corrected chi connectivity index (χ0v) is 60.7. The molecule has 0 aliphatic heterocycles. The number of benzene rings is 5. The molecule has 0 atom stereocenters. The molecule has 4 aliphatic carbocycles. The van der Waals surface area contributed by atoms with Crippen LogP contribution in [0.2, 0.25) is 15.2 Å². The van der Waals surface area contributed by atoms with Crippen LogP contribution < -0.4 is 15.8 Å². The number of para-hydroxylation sites is 5. The third-order valence-electron chi connectivity index (χ3n) is 17.7. The standard InChI is InChI=1S/C18H16ClN3O2.C16H13Cl2N3.C16H15N3O2.C13H15N3.C6H5Cl2O2P.C6H10O3/c1-24-18(23)14-10-13(19)15-16(11-6-5-7-11)21-22(17(15)20-14)12-8-3-2-4-9-12;17-12-9-13(18)19-16-14(12)15(10-5-4-6-10)20-21(16)11-7-2-1-3-8-11;20-12-9-13(21)17-16-14(12)15(10-5-4-6-10)18-19(16)11-7-2-1-3-8-11;14-13-9-12(10-5-4-6-10)15-16(13)11-7-2-1-3-8-11;7-11(8,9)10-6-4-2-1-3-5-6;1-3-9-6(8)4-5(2)7/h2-4,8-11H,5-7H2,1H3;1-3,7-10H,4-6H2;1-3,7-10H,4-6H2,(H2,17,20,21);1-3,7-10H,4-6,14H2;1-5H;3-4H2,1-2H3. The molecule has 0 bridgehead atoms. The van der Waals surface area contributed by atoms with E-state index >= 15 is 0 Å². The number of methoxy groups -OCH3 is 1. The number of aromatic hydroxyl groups is 1. The summed E-state index contributed by atoms with van der Waals surface area (Å²) in [5.41, 5.74) is 15.6. The van der Waals surface area contributed by atoms with Crippen LogP contribution in [-0.4, -0.2) is 90.6 Å². The lowest BCUT2D eigenvalue weighted by atomic mass is 9.82. The second-order valence-corrected chi connectivity index (χ2v) is 30.1. The minimum absolute atomic E-state index is 0.0119. The molecule has 0 unspecified atom stereocenters. The summed E-state index contributed by atoms with van der Waals surface area (Å²) in [6.07, 6.45) is 10.6. The van der Waals surface area contributed by atoms with Crippen molar-refractivity contribution in [2.45, 2.75) is 121 Å². The molecule has 7 aromatic heterocycles. The summed E-state index contributed by atoms with van der Waals surface area (Å²) in [7, 11) is 1.33. The number of H-pyrrole nitrogens is 1. The van der Waals surface area contributed by atoms with E-state index in [1.165, 1.54) is 71.5 Å². The van der Waals surface area contributed by atoms with Crippen LogP contribution in [0.1, 0.15) is 154 Å². The van der Waals surface area contributed by atoms with E-state index < -0.39 is 18.0 Å². The van der Waals surface area contributed by atoms with Crippen LogP contribution in [0.3, 0.4) is 0 Å². The Hall–Kier alpha value is -9.34. The number of carbonyl (C=O) groups is 3. The van der Waals surface area contributed by atoms with Gasteiger partial charge in [-0.2, -0.15) is 20.4 Å². The highest BCUT2D eigenvalue weighted by atomic mass is 35.9. The van der Waals surface area contributed by atoms with Gasteiger partial charge in [0.25, 0.3) is 5.56 Å². The Morgan fingerprint density at radius 1 is 0.569 bits per heavy atom. The number of halogens is 5. The number of aromatic nitrogens is 11. The van der Waals surface area contributed by atoms with Gasteiger partial charge in [-0.1, -0.05) is 151 Å². The van der Waals surface area contributed by atoms with E-state index in [2.05, 4.69) is 34.4 Å². The number of carbonyl (C=O) groups excluding carboxylic acids is 3. The van der Waals surface area contributed by atoms with Crippen LogP contribution in [0.5, 0.6) is 11.5 Å². The average Bonchev–Trinajstić information content (AvgIpc) is 1.61. The Morgan fingerprint density at radius 2 is 0.990 bits per heavy atom. The number of anilines is 1. The Balaban J connectivity index is 0.000000126. The molecule has 12 aromatic rings. The minimum atomic E-state index is -3.44. The number of nitrogens with one attached hydrogen (secondary N) is 1. The van der Waals surface area contributed by atoms with Gasteiger partial charge in [0, 0.05) is 58.3 Å². The number of hydrogen-bond donors (Lipinski definition) is 3. The molecule has 5 aromatic carbocycles. The van der Waals surface area contributed by atoms with Crippen LogP contribution in [-0.2, 0) is 23.6 Å². The number of ether oxygens (including phenoxy) is 2. The van der Waals surface area contributed by atoms with Crippen LogP contribution in [0.4, 0.5) is 5.82 Å².